The van der Waals surface area contributed by atoms with E-state index in [-0.39, 0.29) is 10.6 Å². The highest BCUT2D eigenvalue weighted by molar-refractivity contribution is 14.1. The second kappa shape index (κ2) is 9.70. The van der Waals surface area contributed by atoms with Crippen molar-refractivity contribution < 1.29 is 17.3 Å². The van der Waals surface area contributed by atoms with Gasteiger partial charge in [0.1, 0.15) is 4.90 Å². The van der Waals surface area contributed by atoms with Gasteiger partial charge in [-0.2, -0.15) is 8.42 Å². The lowest BCUT2D eigenvalue weighted by Crippen LogP contribution is -2.12. The van der Waals surface area contributed by atoms with Crippen LogP contribution in [0.2, 0.25) is 0 Å². The summed E-state index contributed by atoms with van der Waals surface area (Å²) in [6, 6.07) is 18.3. The van der Waals surface area contributed by atoms with Crippen LogP contribution in [0.15, 0.2) is 65.6 Å². The highest BCUT2D eigenvalue weighted by Crippen LogP contribution is 2.36. The molecule has 1 N–H and O–H groups in total. The lowest BCUT2D eigenvalue weighted by atomic mass is 10.1. The summed E-state index contributed by atoms with van der Waals surface area (Å²) in [6.45, 7) is 6.77. The molecule has 0 aliphatic heterocycles. The van der Waals surface area contributed by atoms with Gasteiger partial charge in [-0.15, -0.1) is 0 Å². The van der Waals surface area contributed by atoms with Crippen molar-refractivity contribution in [2.75, 3.05) is 11.9 Å². The predicted octanol–water partition coefficient (Wildman–Crippen LogP) is 5.69. The number of hydrogen-bond donors (Lipinski definition) is 1. The average Bonchev–Trinajstić information content (AvgIpc) is 2.70. The molecule has 3 aromatic carbocycles. The summed E-state index contributed by atoms with van der Waals surface area (Å²) in [4.78, 5) is 0.108. The first-order chi connectivity index (χ1) is 14.3. The van der Waals surface area contributed by atoms with Crippen molar-refractivity contribution in [1.29, 1.82) is 0 Å². The zero-order chi connectivity index (χ0) is 21.7. The predicted molar refractivity (Wildman–Crippen MR) is 128 cm³/mol. The van der Waals surface area contributed by atoms with Crippen molar-refractivity contribution in [3.05, 3.63) is 80.9 Å². The molecule has 0 radical (unpaired) electrons. The van der Waals surface area contributed by atoms with Crippen LogP contribution < -0.4 is 14.2 Å². The highest BCUT2D eigenvalue weighted by Gasteiger charge is 2.22. The van der Waals surface area contributed by atoms with Crippen molar-refractivity contribution in [2.24, 2.45) is 0 Å². The maximum absolute atomic E-state index is 12.8. The molecule has 0 saturated carbocycles. The van der Waals surface area contributed by atoms with Gasteiger partial charge in [-0.1, -0.05) is 35.9 Å². The quantitative estimate of drug-likeness (QED) is 0.296. The van der Waals surface area contributed by atoms with Gasteiger partial charge in [-0.05, 0) is 84.8 Å². The molecule has 0 unspecified atom stereocenters. The minimum atomic E-state index is -3.97. The zero-order valence-corrected chi connectivity index (χ0v) is 20.1. The third-order valence-electron chi connectivity index (χ3n) is 4.50. The molecule has 0 atom stereocenters. The van der Waals surface area contributed by atoms with Crippen molar-refractivity contribution in [1.82, 2.24) is 0 Å². The summed E-state index contributed by atoms with van der Waals surface area (Å²) in [5.74, 6) is 0.610. The first-order valence-corrected chi connectivity index (χ1v) is 12.0. The summed E-state index contributed by atoms with van der Waals surface area (Å²) in [6.07, 6.45) is 0. The van der Waals surface area contributed by atoms with Gasteiger partial charge in [0.25, 0.3) is 0 Å². The zero-order valence-electron chi connectivity index (χ0n) is 17.1. The van der Waals surface area contributed by atoms with Gasteiger partial charge in [-0.3, -0.25) is 0 Å². The fraction of sp³-hybridized carbons (Fsp3) is 0.217. The number of hydrogen-bond acceptors (Lipinski definition) is 5. The number of benzene rings is 3. The number of aryl methyl sites for hydroxylation is 2. The molecule has 0 bridgehead atoms. The fourth-order valence-corrected chi connectivity index (χ4v) is 4.78. The van der Waals surface area contributed by atoms with Gasteiger partial charge in [-0.25, -0.2) is 0 Å². The third kappa shape index (κ3) is 5.46. The molecule has 7 heteroatoms. The van der Waals surface area contributed by atoms with Crippen LogP contribution >= 0.6 is 22.6 Å². The van der Waals surface area contributed by atoms with Gasteiger partial charge in [0.15, 0.2) is 11.5 Å². The Kier molecular flexibility index (Phi) is 7.25. The third-order valence-corrected chi connectivity index (χ3v) is 6.54. The Morgan fingerprint density at radius 1 is 1.00 bits per heavy atom. The van der Waals surface area contributed by atoms with Crippen LogP contribution in [0.4, 0.5) is 5.69 Å². The summed E-state index contributed by atoms with van der Waals surface area (Å²) < 4.78 is 37.4. The Balaban J connectivity index is 1.87. The van der Waals surface area contributed by atoms with Crippen molar-refractivity contribution >= 4 is 38.4 Å². The molecule has 30 heavy (non-hydrogen) atoms. The van der Waals surface area contributed by atoms with E-state index in [9.17, 15) is 8.42 Å². The monoisotopic (exact) mass is 537 g/mol. The standard InChI is InChI=1S/C23H24INO4S/c1-4-28-22-14-18(15-25-21-8-6-5-7-17(21)3)13-20(24)23(22)29-30(26,27)19-11-9-16(2)10-12-19/h5-14,25H,4,15H2,1-3H3. The lowest BCUT2D eigenvalue weighted by Gasteiger charge is -2.16. The molecule has 3 rings (SSSR count). The van der Waals surface area contributed by atoms with E-state index in [4.69, 9.17) is 8.92 Å². The molecular formula is C23H24INO4S. The van der Waals surface area contributed by atoms with Crippen molar-refractivity contribution in [2.45, 2.75) is 32.2 Å². The molecule has 0 aliphatic carbocycles. The topological polar surface area (TPSA) is 64.6 Å². The van der Waals surface area contributed by atoms with E-state index in [0.29, 0.717) is 22.5 Å². The Bertz CT molecular complexity index is 1130. The van der Waals surface area contributed by atoms with Crippen molar-refractivity contribution in [3.63, 3.8) is 0 Å². The Labute approximate surface area is 191 Å². The minimum absolute atomic E-state index is 0.108. The average molecular weight is 537 g/mol. The number of ether oxygens (including phenoxy) is 1. The van der Waals surface area contributed by atoms with E-state index in [2.05, 4.69) is 27.9 Å². The molecule has 0 spiro atoms. The SMILES string of the molecule is CCOc1cc(CNc2ccccc2C)cc(I)c1OS(=O)(=O)c1ccc(C)cc1. The molecule has 0 saturated heterocycles. The van der Waals surface area contributed by atoms with E-state index in [0.717, 1.165) is 22.4 Å². The van der Waals surface area contributed by atoms with Gasteiger partial charge in [0.05, 0.1) is 10.2 Å². The largest absolute Gasteiger partial charge is 0.490 e. The second-order valence-corrected chi connectivity index (χ2v) is 9.57. The van der Waals surface area contributed by atoms with Crippen LogP contribution in [0, 0.1) is 17.4 Å². The van der Waals surface area contributed by atoms with Crippen LogP contribution in [0.25, 0.3) is 0 Å². The number of anilines is 1. The molecule has 0 amide bonds. The number of para-hydroxylation sites is 1. The summed E-state index contributed by atoms with van der Waals surface area (Å²) in [5, 5.41) is 3.41. The maximum atomic E-state index is 12.8. The highest BCUT2D eigenvalue weighted by atomic mass is 127. The molecule has 158 valence electrons. The normalized spacial score (nSPS) is 11.2. The lowest BCUT2D eigenvalue weighted by molar-refractivity contribution is 0.326. The Hall–Kier alpha value is -2.26. The number of rotatable bonds is 8. The maximum Gasteiger partial charge on any atom is 0.339 e. The van der Waals surface area contributed by atoms with E-state index in [1.165, 1.54) is 0 Å². The Morgan fingerprint density at radius 2 is 1.70 bits per heavy atom. The van der Waals surface area contributed by atoms with Gasteiger partial charge >= 0.3 is 10.1 Å². The van der Waals surface area contributed by atoms with E-state index in [1.54, 1.807) is 24.3 Å². The first kappa shape index (κ1) is 22.4. The summed E-state index contributed by atoms with van der Waals surface area (Å²) in [7, 11) is -3.97. The molecule has 0 fully saturated rings. The van der Waals surface area contributed by atoms with Crippen LogP contribution in [0.3, 0.4) is 0 Å². The van der Waals surface area contributed by atoms with Gasteiger partial charge < -0.3 is 14.2 Å². The van der Waals surface area contributed by atoms with Gasteiger partial charge in [0.2, 0.25) is 0 Å². The van der Waals surface area contributed by atoms with Crippen molar-refractivity contribution in [3.8, 4) is 11.5 Å². The molecular weight excluding hydrogens is 513 g/mol. The second-order valence-electron chi connectivity index (χ2n) is 6.86. The molecule has 3 aromatic rings. The molecule has 0 aliphatic rings. The molecule has 5 nitrogen and oxygen atoms in total. The summed E-state index contributed by atoms with van der Waals surface area (Å²) >= 11 is 2.08. The number of halogens is 1. The molecule has 0 aromatic heterocycles. The van der Waals surface area contributed by atoms with Crippen LogP contribution in [-0.4, -0.2) is 15.0 Å². The summed E-state index contributed by atoms with van der Waals surface area (Å²) in [5.41, 5.74) is 4.14. The smallest absolute Gasteiger partial charge is 0.339 e. The van der Waals surface area contributed by atoms with Crippen LogP contribution in [0.5, 0.6) is 11.5 Å². The van der Waals surface area contributed by atoms with E-state index >= 15 is 0 Å². The number of nitrogens with one attached hydrogen (secondary N) is 1. The first-order valence-electron chi connectivity index (χ1n) is 9.56. The van der Waals surface area contributed by atoms with Crippen LogP contribution in [0.1, 0.15) is 23.6 Å². The van der Waals surface area contributed by atoms with Crippen LogP contribution in [-0.2, 0) is 16.7 Å². The fourth-order valence-electron chi connectivity index (χ4n) is 2.90. The molecule has 0 heterocycles. The Morgan fingerprint density at radius 3 is 2.37 bits per heavy atom. The van der Waals surface area contributed by atoms with E-state index < -0.39 is 10.1 Å². The van der Waals surface area contributed by atoms with E-state index in [1.807, 2.05) is 57.2 Å². The minimum Gasteiger partial charge on any atom is -0.490 e. The van der Waals surface area contributed by atoms with Gasteiger partial charge in [0, 0.05) is 12.2 Å².